The van der Waals surface area contributed by atoms with E-state index in [0.717, 1.165) is 11.4 Å². The average Bonchev–Trinajstić information content (AvgIpc) is 3.07. The van der Waals surface area contributed by atoms with Crippen molar-refractivity contribution in [3.05, 3.63) is 36.2 Å². The van der Waals surface area contributed by atoms with Gasteiger partial charge in [0.15, 0.2) is 5.82 Å². The highest BCUT2D eigenvalue weighted by Crippen LogP contribution is 2.37. The Morgan fingerprint density at radius 2 is 2.00 bits per heavy atom. The van der Waals surface area contributed by atoms with Gasteiger partial charge in [0.1, 0.15) is 6.33 Å². The third kappa shape index (κ3) is 1.47. The molecule has 2 aromatic rings. The zero-order valence-corrected chi connectivity index (χ0v) is 8.67. The molecule has 1 aromatic heterocycles. The van der Waals surface area contributed by atoms with Gasteiger partial charge in [0, 0.05) is 11.6 Å². The molecule has 0 saturated heterocycles. The molecule has 4 heteroatoms. The zero-order chi connectivity index (χ0) is 11.0. The number of hydrogen-bond acceptors (Lipinski definition) is 3. The van der Waals surface area contributed by atoms with Gasteiger partial charge in [-0.2, -0.15) is 5.26 Å². The Morgan fingerprint density at radius 1 is 1.25 bits per heavy atom. The van der Waals surface area contributed by atoms with Crippen LogP contribution < -0.4 is 0 Å². The molecule has 0 amide bonds. The second-order valence-corrected chi connectivity index (χ2v) is 3.98. The molecule has 0 N–H and O–H groups in total. The summed E-state index contributed by atoms with van der Waals surface area (Å²) in [6, 6.07) is 10.1. The first kappa shape index (κ1) is 9.10. The van der Waals surface area contributed by atoms with Gasteiger partial charge in [-0.05, 0) is 37.1 Å². The molecule has 1 fully saturated rings. The summed E-state index contributed by atoms with van der Waals surface area (Å²) >= 11 is 0. The third-order valence-electron chi connectivity index (χ3n) is 2.79. The van der Waals surface area contributed by atoms with Crippen molar-refractivity contribution in [3.8, 4) is 17.5 Å². The van der Waals surface area contributed by atoms with E-state index in [-0.39, 0.29) is 0 Å². The first-order chi connectivity index (χ1) is 7.88. The van der Waals surface area contributed by atoms with E-state index in [1.807, 2.05) is 12.1 Å². The number of hydrogen-bond donors (Lipinski definition) is 0. The Balaban J connectivity index is 2.01. The van der Waals surface area contributed by atoms with Crippen LogP contribution in [0.15, 0.2) is 30.6 Å². The van der Waals surface area contributed by atoms with E-state index in [1.165, 1.54) is 12.8 Å². The normalized spacial score (nSPS) is 14.7. The van der Waals surface area contributed by atoms with Gasteiger partial charge in [0.25, 0.3) is 0 Å². The standard InChI is InChI=1S/C12H10N4/c13-7-9-1-3-10(4-2-9)12-15-14-8-16(12)11-5-6-11/h1-4,8,11H,5-6H2. The van der Waals surface area contributed by atoms with Crippen molar-refractivity contribution in [3.63, 3.8) is 0 Å². The van der Waals surface area contributed by atoms with Gasteiger partial charge >= 0.3 is 0 Å². The number of nitriles is 1. The molecule has 0 unspecified atom stereocenters. The fraction of sp³-hybridized carbons (Fsp3) is 0.250. The predicted octanol–water partition coefficient (Wildman–Crippen LogP) is 2.15. The summed E-state index contributed by atoms with van der Waals surface area (Å²) in [6.07, 6.45) is 4.20. The van der Waals surface area contributed by atoms with Crippen LogP contribution in [0.4, 0.5) is 0 Å². The lowest BCUT2D eigenvalue weighted by Crippen LogP contribution is -1.95. The van der Waals surface area contributed by atoms with Crippen molar-refractivity contribution in [1.29, 1.82) is 5.26 Å². The van der Waals surface area contributed by atoms with E-state index in [0.29, 0.717) is 11.6 Å². The molecule has 1 aromatic carbocycles. The van der Waals surface area contributed by atoms with E-state index in [1.54, 1.807) is 18.5 Å². The molecule has 16 heavy (non-hydrogen) atoms. The van der Waals surface area contributed by atoms with Crippen LogP contribution in [-0.2, 0) is 0 Å². The summed E-state index contributed by atoms with van der Waals surface area (Å²) in [7, 11) is 0. The lowest BCUT2D eigenvalue weighted by Gasteiger charge is -2.03. The van der Waals surface area contributed by atoms with Crippen molar-refractivity contribution in [2.75, 3.05) is 0 Å². The van der Waals surface area contributed by atoms with Gasteiger partial charge < -0.3 is 4.57 Å². The monoisotopic (exact) mass is 210 g/mol. The van der Waals surface area contributed by atoms with Crippen molar-refractivity contribution in [1.82, 2.24) is 14.8 Å². The summed E-state index contributed by atoms with van der Waals surface area (Å²) in [6.45, 7) is 0. The Hall–Kier alpha value is -2.15. The SMILES string of the molecule is N#Cc1ccc(-c2nncn2C2CC2)cc1. The van der Waals surface area contributed by atoms with Crippen LogP contribution in [0.3, 0.4) is 0 Å². The van der Waals surface area contributed by atoms with Gasteiger partial charge in [-0.1, -0.05) is 0 Å². The largest absolute Gasteiger partial charge is 0.310 e. The maximum absolute atomic E-state index is 8.73. The number of nitrogens with zero attached hydrogens (tertiary/aromatic N) is 4. The van der Waals surface area contributed by atoms with E-state index < -0.39 is 0 Å². The molecule has 1 aliphatic carbocycles. The van der Waals surface area contributed by atoms with Crippen LogP contribution in [0, 0.1) is 11.3 Å². The molecule has 0 spiro atoms. The molecule has 3 rings (SSSR count). The molecule has 0 radical (unpaired) electrons. The fourth-order valence-electron chi connectivity index (χ4n) is 1.76. The number of benzene rings is 1. The van der Waals surface area contributed by atoms with Crippen molar-refractivity contribution in [2.24, 2.45) is 0 Å². The molecule has 4 nitrogen and oxygen atoms in total. The van der Waals surface area contributed by atoms with Crippen LogP contribution in [0.2, 0.25) is 0 Å². The Kier molecular flexibility index (Phi) is 1.97. The molecule has 1 heterocycles. The minimum Gasteiger partial charge on any atom is -0.310 e. The van der Waals surface area contributed by atoms with Crippen LogP contribution >= 0.6 is 0 Å². The van der Waals surface area contributed by atoms with Gasteiger partial charge in [0.05, 0.1) is 11.6 Å². The summed E-state index contributed by atoms with van der Waals surface area (Å²) in [5, 5.41) is 16.8. The maximum Gasteiger partial charge on any atom is 0.164 e. The molecule has 0 bridgehead atoms. The fourth-order valence-corrected chi connectivity index (χ4v) is 1.76. The molecule has 1 aliphatic rings. The minimum atomic E-state index is 0.570. The topological polar surface area (TPSA) is 54.5 Å². The lowest BCUT2D eigenvalue weighted by atomic mass is 10.1. The van der Waals surface area contributed by atoms with E-state index >= 15 is 0 Å². The smallest absolute Gasteiger partial charge is 0.164 e. The Morgan fingerprint density at radius 3 is 2.62 bits per heavy atom. The van der Waals surface area contributed by atoms with Crippen LogP contribution in [0.5, 0.6) is 0 Å². The predicted molar refractivity (Wildman–Crippen MR) is 58.4 cm³/mol. The van der Waals surface area contributed by atoms with E-state index in [2.05, 4.69) is 20.8 Å². The van der Waals surface area contributed by atoms with Gasteiger partial charge in [-0.25, -0.2) is 0 Å². The van der Waals surface area contributed by atoms with E-state index in [4.69, 9.17) is 5.26 Å². The maximum atomic E-state index is 8.73. The highest BCUT2D eigenvalue weighted by molar-refractivity contribution is 5.56. The summed E-state index contributed by atoms with van der Waals surface area (Å²) in [5.74, 6) is 0.895. The van der Waals surface area contributed by atoms with E-state index in [9.17, 15) is 0 Å². The molecular formula is C12H10N4. The third-order valence-corrected chi connectivity index (χ3v) is 2.79. The Bertz CT molecular complexity index is 543. The minimum absolute atomic E-state index is 0.570. The van der Waals surface area contributed by atoms with Crippen LogP contribution in [-0.4, -0.2) is 14.8 Å². The number of aromatic nitrogens is 3. The highest BCUT2D eigenvalue weighted by atomic mass is 15.3. The summed E-state index contributed by atoms with van der Waals surface area (Å²) < 4.78 is 2.11. The molecule has 0 atom stereocenters. The van der Waals surface area contributed by atoms with Gasteiger partial charge in [-0.15, -0.1) is 10.2 Å². The van der Waals surface area contributed by atoms with Crippen molar-refractivity contribution < 1.29 is 0 Å². The summed E-state index contributed by atoms with van der Waals surface area (Å²) in [4.78, 5) is 0. The van der Waals surface area contributed by atoms with Crippen molar-refractivity contribution in [2.45, 2.75) is 18.9 Å². The molecule has 1 saturated carbocycles. The number of rotatable bonds is 2. The second kappa shape index (κ2) is 3.46. The molecular weight excluding hydrogens is 200 g/mol. The van der Waals surface area contributed by atoms with Crippen LogP contribution in [0.1, 0.15) is 24.4 Å². The molecule has 0 aliphatic heterocycles. The van der Waals surface area contributed by atoms with Gasteiger partial charge in [0.2, 0.25) is 0 Å². The Labute approximate surface area is 93.2 Å². The molecule has 78 valence electrons. The van der Waals surface area contributed by atoms with Crippen LogP contribution in [0.25, 0.3) is 11.4 Å². The quantitative estimate of drug-likeness (QED) is 0.763. The summed E-state index contributed by atoms with van der Waals surface area (Å²) in [5.41, 5.74) is 1.68. The second-order valence-electron chi connectivity index (χ2n) is 3.98. The van der Waals surface area contributed by atoms with Gasteiger partial charge in [-0.3, -0.25) is 0 Å². The van der Waals surface area contributed by atoms with Crippen molar-refractivity contribution >= 4 is 0 Å². The lowest BCUT2D eigenvalue weighted by molar-refractivity contribution is 0.746. The zero-order valence-electron chi connectivity index (χ0n) is 8.67. The first-order valence-electron chi connectivity index (χ1n) is 5.28. The highest BCUT2D eigenvalue weighted by Gasteiger charge is 2.26. The average molecular weight is 210 g/mol. The first-order valence-corrected chi connectivity index (χ1v) is 5.28.